The van der Waals surface area contributed by atoms with Crippen molar-refractivity contribution in [2.45, 2.75) is 25.4 Å². The summed E-state index contributed by atoms with van der Waals surface area (Å²) < 4.78 is 7.60. The second-order valence-corrected chi connectivity index (χ2v) is 3.73. The molecule has 0 amide bonds. The number of hydrogen-bond donors (Lipinski definition) is 5. The van der Waals surface area contributed by atoms with Crippen molar-refractivity contribution in [2.24, 2.45) is 0 Å². The van der Waals surface area contributed by atoms with Crippen molar-refractivity contribution in [1.29, 1.82) is 0 Å². The van der Waals surface area contributed by atoms with E-state index >= 15 is 0 Å². The fourth-order valence-electron chi connectivity index (χ4n) is 1.06. The molecule has 0 aliphatic rings. The Kier molecular flexibility index (Phi) is 10.8. The van der Waals surface area contributed by atoms with Gasteiger partial charge in [-0.1, -0.05) is 0 Å². The molecule has 0 aromatic carbocycles. The molecule has 1 unspecified atom stereocenters. The summed E-state index contributed by atoms with van der Waals surface area (Å²) >= 11 is 0. The Balaban J connectivity index is -0.00000200. The molecule has 0 radical (unpaired) electrons. The molecule has 0 aromatic rings. The number of aliphatic carboxylic acids is 2. The van der Waals surface area contributed by atoms with E-state index in [9.17, 15) is 33.9 Å². The first kappa shape index (κ1) is 25.1. The first-order valence-corrected chi connectivity index (χ1v) is 5.13. The Morgan fingerprint density at radius 1 is 0.870 bits per heavy atom. The molecule has 13 heteroatoms. The summed E-state index contributed by atoms with van der Waals surface area (Å²) in [6, 6.07) is 0. The van der Waals surface area contributed by atoms with E-state index in [1.807, 2.05) is 0 Å². The lowest BCUT2D eigenvalue weighted by molar-refractivity contribution is -0.181. The molecule has 0 aliphatic heterocycles. The molecule has 9 N–H and O–H groups in total. The summed E-state index contributed by atoms with van der Waals surface area (Å²) in [5, 5.41) is 26.5. The van der Waals surface area contributed by atoms with Crippen molar-refractivity contribution >= 4 is 35.8 Å². The number of carboxylic acids is 2. The minimum Gasteiger partial charge on any atom is -0.481 e. The molecule has 23 heavy (non-hydrogen) atoms. The molecule has 132 valence electrons. The lowest BCUT2D eigenvalue weighted by Gasteiger charge is -2.19. The van der Waals surface area contributed by atoms with Crippen LogP contribution in [0.4, 0.5) is 0 Å². The second-order valence-electron chi connectivity index (χ2n) is 3.73. The molecular formula is C10H16N2O11. The molecular weight excluding hydrogens is 324 g/mol. The number of aliphatic hydroxyl groups is 1. The quantitative estimate of drug-likeness (QED) is 0.209. The van der Waals surface area contributed by atoms with Gasteiger partial charge in [-0.15, -0.1) is 0 Å². The third kappa shape index (κ3) is 8.86. The standard InChI is InChI=1S/C10H10O11.2H3N/c1-4(11)20-7(15)8(16)21-6(14)3-10(19,9(17)18)2-5(12)13;;/h19H,2-3H2,1H3,(H,12,13)(H,17,18);2*1H3. The van der Waals surface area contributed by atoms with E-state index in [4.69, 9.17) is 10.2 Å². The van der Waals surface area contributed by atoms with Gasteiger partial charge in [-0.25, -0.2) is 14.4 Å². The fraction of sp³-hybridized carbons (Fsp3) is 0.400. The summed E-state index contributed by atoms with van der Waals surface area (Å²) in [7, 11) is 0. The maximum Gasteiger partial charge on any atom is 0.425 e. The largest absolute Gasteiger partial charge is 0.481 e. The number of rotatable bonds is 5. The van der Waals surface area contributed by atoms with Crippen molar-refractivity contribution in [3.8, 4) is 0 Å². The first-order valence-electron chi connectivity index (χ1n) is 5.13. The smallest absolute Gasteiger partial charge is 0.425 e. The Labute approximate surface area is 128 Å². The van der Waals surface area contributed by atoms with Crippen LogP contribution in [0.25, 0.3) is 0 Å². The highest BCUT2D eigenvalue weighted by atomic mass is 16.6. The molecule has 0 aliphatic carbocycles. The van der Waals surface area contributed by atoms with E-state index in [2.05, 4.69) is 9.47 Å². The predicted molar refractivity (Wildman–Crippen MR) is 67.4 cm³/mol. The maximum atomic E-state index is 11.2. The van der Waals surface area contributed by atoms with Gasteiger partial charge in [0, 0.05) is 6.92 Å². The molecule has 0 fully saturated rings. The third-order valence-corrected chi connectivity index (χ3v) is 1.89. The van der Waals surface area contributed by atoms with Crippen molar-refractivity contribution < 1.29 is 53.6 Å². The van der Waals surface area contributed by atoms with Gasteiger partial charge in [-0.2, -0.15) is 0 Å². The Morgan fingerprint density at radius 2 is 1.30 bits per heavy atom. The zero-order chi connectivity index (χ0) is 16.8. The van der Waals surface area contributed by atoms with Gasteiger partial charge in [0.25, 0.3) is 0 Å². The van der Waals surface area contributed by atoms with Crippen LogP contribution in [0, 0.1) is 0 Å². The van der Waals surface area contributed by atoms with Gasteiger partial charge in [0.1, 0.15) is 0 Å². The van der Waals surface area contributed by atoms with Crippen LogP contribution in [0.3, 0.4) is 0 Å². The van der Waals surface area contributed by atoms with E-state index in [1.54, 1.807) is 0 Å². The molecule has 0 aromatic heterocycles. The summed E-state index contributed by atoms with van der Waals surface area (Å²) in [6.07, 6.45) is -2.75. The van der Waals surface area contributed by atoms with E-state index < -0.39 is 54.3 Å². The maximum absolute atomic E-state index is 11.2. The number of hydrogen-bond acceptors (Lipinski definition) is 11. The van der Waals surface area contributed by atoms with Crippen LogP contribution in [0.2, 0.25) is 0 Å². The lowest BCUT2D eigenvalue weighted by Crippen LogP contribution is -2.43. The Hall–Kier alpha value is -2.90. The molecule has 13 nitrogen and oxygen atoms in total. The topological polar surface area (TPSA) is 252 Å². The van der Waals surface area contributed by atoms with Crippen LogP contribution in [0.5, 0.6) is 0 Å². The van der Waals surface area contributed by atoms with Crippen LogP contribution in [0.1, 0.15) is 19.8 Å². The van der Waals surface area contributed by atoms with Crippen LogP contribution in [-0.4, -0.2) is 56.7 Å². The highest BCUT2D eigenvalue weighted by Gasteiger charge is 2.42. The van der Waals surface area contributed by atoms with Gasteiger partial charge >= 0.3 is 35.8 Å². The highest BCUT2D eigenvalue weighted by Crippen LogP contribution is 2.17. The third-order valence-electron chi connectivity index (χ3n) is 1.89. The zero-order valence-corrected chi connectivity index (χ0v) is 11.9. The minimum atomic E-state index is -3.02. The molecule has 1 atom stereocenters. The Morgan fingerprint density at radius 3 is 1.65 bits per heavy atom. The molecule has 0 spiro atoms. The van der Waals surface area contributed by atoms with Gasteiger partial charge in [-0.3, -0.25) is 14.4 Å². The summed E-state index contributed by atoms with van der Waals surface area (Å²) in [4.78, 5) is 64.4. The van der Waals surface area contributed by atoms with Crippen LogP contribution in [0.15, 0.2) is 0 Å². The van der Waals surface area contributed by atoms with E-state index in [-0.39, 0.29) is 12.3 Å². The lowest BCUT2D eigenvalue weighted by atomic mass is 9.96. The van der Waals surface area contributed by atoms with Gasteiger partial charge in [0.15, 0.2) is 5.60 Å². The number of ether oxygens (including phenoxy) is 2. The number of carbonyl (C=O) groups is 6. The van der Waals surface area contributed by atoms with Crippen molar-refractivity contribution in [2.75, 3.05) is 0 Å². The molecule has 0 bridgehead atoms. The highest BCUT2D eigenvalue weighted by molar-refractivity contribution is 6.33. The monoisotopic (exact) mass is 340 g/mol. The molecule has 0 heterocycles. The molecule has 0 saturated heterocycles. The first-order chi connectivity index (χ1) is 9.47. The minimum absolute atomic E-state index is 0. The van der Waals surface area contributed by atoms with Gasteiger partial charge in [-0.05, 0) is 0 Å². The van der Waals surface area contributed by atoms with Crippen molar-refractivity contribution in [3.05, 3.63) is 0 Å². The van der Waals surface area contributed by atoms with E-state index in [0.29, 0.717) is 0 Å². The molecule has 0 saturated carbocycles. The number of carboxylic acid groups (broad SMARTS) is 2. The number of esters is 4. The van der Waals surface area contributed by atoms with Crippen LogP contribution in [-0.2, 0) is 38.2 Å². The number of carbonyl (C=O) groups excluding carboxylic acids is 4. The summed E-state index contributed by atoms with van der Waals surface area (Å²) in [5.74, 6) is -10.4. The van der Waals surface area contributed by atoms with E-state index in [0.717, 1.165) is 6.92 Å². The van der Waals surface area contributed by atoms with Crippen molar-refractivity contribution in [3.63, 3.8) is 0 Å². The van der Waals surface area contributed by atoms with Gasteiger partial charge in [0.05, 0.1) is 12.8 Å². The second kappa shape index (κ2) is 9.93. The fourth-order valence-corrected chi connectivity index (χ4v) is 1.06. The van der Waals surface area contributed by atoms with Crippen LogP contribution >= 0.6 is 0 Å². The molecule has 0 rings (SSSR count). The zero-order valence-electron chi connectivity index (χ0n) is 11.9. The average molecular weight is 340 g/mol. The van der Waals surface area contributed by atoms with Gasteiger partial charge in [0.2, 0.25) is 0 Å². The van der Waals surface area contributed by atoms with Crippen molar-refractivity contribution in [1.82, 2.24) is 12.3 Å². The Bertz CT molecular complexity index is 515. The van der Waals surface area contributed by atoms with Crippen LogP contribution < -0.4 is 12.3 Å². The van der Waals surface area contributed by atoms with E-state index in [1.165, 1.54) is 0 Å². The summed E-state index contributed by atoms with van der Waals surface area (Å²) in [5.41, 5.74) is -3.02. The normalized spacial score (nSPS) is 11.6. The average Bonchev–Trinajstić information content (AvgIpc) is 2.25. The SMILES string of the molecule is CC(=O)OC(=O)C(=O)OC(=O)CC(O)(CC(=O)O)C(=O)O.N.N. The summed E-state index contributed by atoms with van der Waals surface area (Å²) in [6.45, 7) is 0.795. The predicted octanol–water partition coefficient (Wildman–Crippen LogP) is -1.85. The van der Waals surface area contributed by atoms with Gasteiger partial charge < -0.3 is 37.1 Å².